The molecule has 1 heterocycles. The van der Waals surface area contributed by atoms with E-state index in [1.807, 2.05) is 24.3 Å². The molecule has 0 bridgehead atoms. The maximum atomic E-state index is 5.30. The van der Waals surface area contributed by atoms with Gasteiger partial charge in [0.05, 0.1) is 14.2 Å². The number of ether oxygens (including phenoxy) is 2. The highest BCUT2D eigenvalue weighted by Crippen LogP contribution is 2.56. The summed E-state index contributed by atoms with van der Waals surface area (Å²) in [5.41, 5.74) is 5.45. The first kappa shape index (κ1) is 18.0. The van der Waals surface area contributed by atoms with Gasteiger partial charge in [-0.05, 0) is 77.3 Å². The monoisotopic (exact) mass is 386 g/mol. The van der Waals surface area contributed by atoms with Gasteiger partial charge in [-0.3, -0.25) is 0 Å². The number of fused-ring (bicyclic) bond motifs is 3. The number of methoxy groups -OCH3 is 2. The van der Waals surface area contributed by atoms with E-state index in [1.165, 1.54) is 35.1 Å². The molecule has 0 spiro atoms. The molecule has 4 nitrogen and oxygen atoms in total. The predicted octanol–water partition coefficient (Wildman–Crippen LogP) is 4.97. The number of hydrogen-bond acceptors (Lipinski definition) is 4. The standard InChI is InChI=1S/C25H26N2O2/c1-28-21-7-3-17(4-8-21)15-27(16-18-5-9-22(29-2)10-6-18)25-13-20-11-19-12-23(19)24(20)14-26-25/h3-10,13-14,19,23H,11-12,15-16H2,1-2H3/t19-,23+/m0/s1. The van der Waals surface area contributed by atoms with E-state index in [0.29, 0.717) is 0 Å². The van der Waals surface area contributed by atoms with E-state index in [4.69, 9.17) is 14.5 Å². The molecule has 148 valence electrons. The molecule has 2 atom stereocenters. The van der Waals surface area contributed by atoms with E-state index in [9.17, 15) is 0 Å². The Bertz CT molecular complexity index is 949. The van der Waals surface area contributed by atoms with Crippen LogP contribution in [0, 0.1) is 5.92 Å². The Hall–Kier alpha value is -3.01. The van der Waals surface area contributed by atoms with E-state index in [2.05, 4.69) is 41.4 Å². The third-order valence-corrected chi connectivity index (χ3v) is 6.20. The van der Waals surface area contributed by atoms with Gasteiger partial charge >= 0.3 is 0 Å². The molecule has 5 rings (SSSR count). The average molecular weight is 386 g/mol. The number of aromatic nitrogens is 1. The number of rotatable bonds is 7. The molecular formula is C25H26N2O2. The molecule has 1 saturated carbocycles. The largest absolute Gasteiger partial charge is 0.497 e. The minimum atomic E-state index is 0.781. The SMILES string of the molecule is COc1ccc(CN(Cc2ccc(OC)cc2)c2cc3c(cn2)[C@@H]2C[C@@H]2C3)cc1. The molecule has 1 aromatic heterocycles. The summed E-state index contributed by atoms with van der Waals surface area (Å²) in [6.07, 6.45) is 4.70. The summed E-state index contributed by atoms with van der Waals surface area (Å²) in [7, 11) is 3.40. The van der Waals surface area contributed by atoms with Crippen molar-refractivity contribution in [2.75, 3.05) is 19.1 Å². The molecule has 29 heavy (non-hydrogen) atoms. The third kappa shape index (κ3) is 3.67. The van der Waals surface area contributed by atoms with Gasteiger partial charge < -0.3 is 14.4 Å². The summed E-state index contributed by atoms with van der Waals surface area (Å²) in [6, 6.07) is 18.9. The fourth-order valence-electron chi connectivity index (χ4n) is 4.44. The summed E-state index contributed by atoms with van der Waals surface area (Å²) in [5, 5.41) is 0. The molecule has 2 aliphatic rings. The topological polar surface area (TPSA) is 34.6 Å². The summed E-state index contributed by atoms with van der Waals surface area (Å²) in [5.74, 6) is 4.47. The first-order valence-corrected chi connectivity index (χ1v) is 10.2. The summed E-state index contributed by atoms with van der Waals surface area (Å²) in [4.78, 5) is 7.22. The summed E-state index contributed by atoms with van der Waals surface area (Å²) < 4.78 is 10.6. The van der Waals surface area contributed by atoms with Crippen LogP contribution in [-0.4, -0.2) is 19.2 Å². The van der Waals surface area contributed by atoms with Gasteiger partial charge in [-0.1, -0.05) is 24.3 Å². The fraction of sp³-hybridized carbons (Fsp3) is 0.320. The molecule has 3 aromatic rings. The van der Waals surface area contributed by atoms with Crippen LogP contribution >= 0.6 is 0 Å². The smallest absolute Gasteiger partial charge is 0.129 e. The molecule has 2 aromatic carbocycles. The number of nitrogens with zero attached hydrogens (tertiary/aromatic N) is 2. The first-order valence-electron chi connectivity index (χ1n) is 10.2. The highest BCUT2D eigenvalue weighted by molar-refractivity contribution is 5.50. The van der Waals surface area contributed by atoms with E-state index in [-0.39, 0.29) is 0 Å². The Morgan fingerprint density at radius 2 is 1.48 bits per heavy atom. The van der Waals surface area contributed by atoms with Crippen LogP contribution in [0.25, 0.3) is 0 Å². The second-order valence-electron chi connectivity index (χ2n) is 8.10. The molecule has 0 radical (unpaired) electrons. The van der Waals surface area contributed by atoms with E-state index >= 15 is 0 Å². The van der Waals surface area contributed by atoms with Crippen molar-refractivity contribution < 1.29 is 9.47 Å². The van der Waals surface area contributed by atoms with Gasteiger partial charge in [0, 0.05) is 19.3 Å². The molecule has 0 aliphatic heterocycles. The average Bonchev–Trinajstić information content (AvgIpc) is 3.45. The van der Waals surface area contributed by atoms with Crippen LogP contribution in [-0.2, 0) is 19.5 Å². The quantitative estimate of drug-likeness (QED) is 0.574. The molecule has 0 saturated heterocycles. The Morgan fingerprint density at radius 3 is 2.03 bits per heavy atom. The van der Waals surface area contributed by atoms with Crippen molar-refractivity contribution in [2.24, 2.45) is 5.92 Å². The lowest BCUT2D eigenvalue weighted by atomic mass is 10.1. The molecule has 1 fully saturated rings. The van der Waals surface area contributed by atoms with Crippen LogP contribution in [0.4, 0.5) is 5.82 Å². The van der Waals surface area contributed by atoms with Crippen LogP contribution < -0.4 is 14.4 Å². The normalized spacial score (nSPS) is 18.7. The lowest BCUT2D eigenvalue weighted by Crippen LogP contribution is -2.23. The zero-order valence-electron chi connectivity index (χ0n) is 17.0. The Labute approximate surface area is 172 Å². The Morgan fingerprint density at radius 1 is 0.897 bits per heavy atom. The zero-order valence-corrected chi connectivity index (χ0v) is 17.0. The molecule has 4 heteroatoms. The van der Waals surface area contributed by atoms with Crippen molar-refractivity contribution >= 4 is 5.82 Å². The summed E-state index contributed by atoms with van der Waals surface area (Å²) >= 11 is 0. The first-order chi connectivity index (χ1) is 14.2. The minimum absolute atomic E-state index is 0.781. The number of anilines is 1. The van der Waals surface area contributed by atoms with Crippen LogP contribution in [0.2, 0.25) is 0 Å². The number of pyridine rings is 1. The van der Waals surface area contributed by atoms with Gasteiger partial charge in [0.1, 0.15) is 17.3 Å². The maximum absolute atomic E-state index is 5.30. The van der Waals surface area contributed by atoms with Crippen LogP contribution in [0.5, 0.6) is 11.5 Å². The third-order valence-electron chi connectivity index (χ3n) is 6.20. The minimum Gasteiger partial charge on any atom is -0.497 e. The highest BCUT2D eigenvalue weighted by Gasteiger charge is 2.45. The second-order valence-corrected chi connectivity index (χ2v) is 8.10. The van der Waals surface area contributed by atoms with Gasteiger partial charge in [-0.15, -0.1) is 0 Å². The van der Waals surface area contributed by atoms with E-state index in [1.54, 1.807) is 14.2 Å². The van der Waals surface area contributed by atoms with Gasteiger partial charge in [-0.25, -0.2) is 4.98 Å². The maximum Gasteiger partial charge on any atom is 0.129 e. The number of hydrogen-bond donors (Lipinski definition) is 0. The second kappa shape index (κ2) is 7.43. The van der Waals surface area contributed by atoms with Crippen molar-refractivity contribution in [3.05, 3.63) is 83.0 Å². The molecule has 2 aliphatic carbocycles. The van der Waals surface area contributed by atoms with Crippen molar-refractivity contribution in [1.82, 2.24) is 4.98 Å². The molecular weight excluding hydrogens is 360 g/mol. The molecule has 0 amide bonds. The number of benzene rings is 2. The van der Waals surface area contributed by atoms with Crippen molar-refractivity contribution in [2.45, 2.75) is 31.8 Å². The lowest BCUT2D eigenvalue weighted by Gasteiger charge is -2.25. The van der Waals surface area contributed by atoms with Crippen molar-refractivity contribution in [3.63, 3.8) is 0 Å². The zero-order chi connectivity index (χ0) is 19.8. The molecule has 0 N–H and O–H groups in total. The van der Waals surface area contributed by atoms with E-state index < -0.39 is 0 Å². The van der Waals surface area contributed by atoms with Crippen LogP contribution in [0.1, 0.15) is 34.6 Å². The van der Waals surface area contributed by atoms with Crippen LogP contribution in [0.15, 0.2) is 60.8 Å². The predicted molar refractivity (Wildman–Crippen MR) is 115 cm³/mol. The fourth-order valence-corrected chi connectivity index (χ4v) is 4.44. The Kier molecular flexibility index (Phi) is 4.62. The van der Waals surface area contributed by atoms with E-state index in [0.717, 1.165) is 42.2 Å². The van der Waals surface area contributed by atoms with Gasteiger partial charge in [0.15, 0.2) is 0 Å². The summed E-state index contributed by atoms with van der Waals surface area (Å²) in [6.45, 7) is 1.60. The van der Waals surface area contributed by atoms with Crippen molar-refractivity contribution in [3.8, 4) is 11.5 Å². The van der Waals surface area contributed by atoms with Gasteiger partial charge in [0.25, 0.3) is 0 Å². The van der Waals surface area contributed by atoms with Crippen molar-refractivity contribution in [1.29, 1.82) is 0 Å². The highest BCUT2D eigenvalue weighted by atomic mass is 16.5. The lowest BCUT2D eigenvalue weighted by molar-refractivity contribution is 0.414. The van der Waals surface area contributed by atoms with Gasteiger partial charge in [0.2, 0.25) is 0 Å². The Balaban J connectivity index is 1.42. The molecule has 0 unspecified atom stereocenters. The van der Waals surface area contributed by atoms with Crippen LogP contribution in [0.3, 0.4) is 0 Å². The van der Waals surface area contributed by atoms with Gasteiger partial charge in [-0.2, -0.15) is 0 Å².